The molecule has 4 rings (SSSR count). The second-order valence-corrected chi connectivity index (χ2v) is 8.35. The number of carbonyl (C=O) groups is 2. The molecule has 2 aromatic carbocycles. The number of hydrazone groups is 1. The molecule has 1 aromatic heterocycles. The standard InChI is InChI=1S/C27H29N5O4/c1-17-13-20-14-23(35-3)24(36-4)15-22(20)25(31-32(17)27(34)28-2)18-8-10-19(11-9-18)26(33)30-16-21-7-5-6-12-29-21/h5-12,14-15,17H,13,16H2,1-4H3,(H,28,34)(H,30,33). The van der Waals surface area contributed by atoms with E-state index in [1.807, 2.05) is 49.4 Å². The first kappa shape index (κ1) is 24.7. The predicted molar refractivity (Wildman–Crippen MR) is 136 cm³/mol. The van der Waals surface area contributed by atoms with Crippen molar-refractivity contribution in [1.82, 2.24) is 20.6 Å². The minimum Gasteiger partial charge on any atom is -0.493 e. The number of pyridine rings is 1. The minimum atomic E-state index is -0.308. The number of rotatable bonds is 6. The number of urea groups is 1. The van der Waals surface area contributed by atoms with Crippen molar-refractivity contribution in [3.63, 3.8) is 0 Å². The molecule has 0 bridgehead atoms. The smallest absolute Gasteiger partial charge is 0.337 e. The van der Waals surface area contributed by atoms with Gasteiger partial charge in [-0.2, -0.15) is 5.10 Å². The van der Waals surface area contributed by atoms with Crippen molar-refractivity contribution in [3.05, 3.63) is 88.7 Å². The number of aromatic nitrogens is 1. The number of fused-ring (bicyclic) bond motifs is 1. The minimum absolute atomic E-state index is 0.198. The van der Waals surface area contributed by atoms with Crippen LogP contribution in [0.1, 0.15) is 39.7 Å². The Morgan fingerprint density at radius 3 is 2.42 bits per heavy atom. The Morgan fingerprint density at radius 1 is 1.06 bits per heavy atom. The van der Waals surface area contributed by atoms with Crippen LogP contribution in [0, 0.1) is 0 Å². The molecule has 0 saturated heterocycles. The first-order valence-corrected chi connectivity index (χ1v) is 11.6. The number of benzene rings is 2. The molecular formula is C27H29N5O4. The fourth-order valence-corrected chi connectivity index (χ4v) is 4.10. The molecule has 36 heavy (non-hydrogen) atoms. The Hall–Kier alpha value is -4.40. The molecule has 186 valence electrons. The van der Waals surface area contributed by atoms with Crippen molar-refractivity contribution in [2.45, 2.75) is 25.9 Å². The SMILES string of the molecule is CNC(=O)N1N=C(c2ccc(C(=O)NCc3ccccn3)cc2)c2cc(OC)c(OC)cc2CC1C. The van der Waals surface area contributed by atoms with Gasteiger partial charge in [0.25, 0.3) is 5.91 Å². The van der Waals surface area contributed by atoms with Gasteiger partial charge in [-0.25, -0.2) is 9.80 Å². The van der Waals surface area contributed by atoms with E-state index in [0.29, 0.717) is 35.7 Å². The van der Waals surface area contributed by atoms with Crippen LogP contribution in [-0.2, 0) is 13.0 Å². The van der Waals surface area contributed by atoms with E-state index in [2.05, 4.69) is 15.6 Å². The number of ether oxygens (including phenoxy) is 2. The van der Waals surface area contributed by atoms with Crippen LogP contribution in [0.3, 0.4) is 0 Å². The van der Waals surface area contributed by atoms with Crippen LogP contribution in [0.2, 0.25) is 0 Å². The van der Waals surface area contributed by atoms with Gasteiger partial charge < -0.3 is 20.1 Å². The first-order valence-electron chi connectivity index (χ1n) is 11.6. The molecule has 3 aromatic rings. The highest BCUT2D eigenvalue weighted by molar-refractivity contribution is 6.15. The van der Waals surface area contributed by atoms with Crippen molar-refractivity contribution in [1.29, 1.82) is 0 Å². The van der Waals surface area contributed by atoms with E-state index in [9.17, 15) is 9.59 Å². The molecule has 1 unspecified atom stereocenters. The van der Waals surface area contributed by atoms with Gasteiger partial charge in [0.2, 0.25) is 0 Å². The summed E-state index contributed by atoms with van der Waals surface area (Å²) in [6.45, 7) is 2.28. The highest BCUT2D eigenvalue weighted by atomic mass is 16.5. The van der Waals surface area contributed by atoms with Gasteiger partial charge in [0.1, 0.15) is 0 Å². The zero-order valence-electron chi connectivity index (χ0n) is 20.7. The second-order valence-electron chi connectivity index (χ2n) is 8.35. The molecule has 1 atom stereocenters. The summed E-state index contributed by atoms with van der Waals surface area (Å²) in [4.78, 5) is 29.5. The van der Waals surface area contributed by atoms with Gasteiger partial charge in [-0.3, -0.25) is 9.78 Å². The topological polar surface area (TPSA) is 105 Å². The molecule has 3 amide bonds. The zero-order chi connectivity index (χ0) is 25.7. The number of methoxy groups -OCH3 is 2. The van der Waals surface area contributed by atoms with Gasteiger partial charge in [-0.15, -0.1) is 0 Å². The Kier molecular flexibility index (Phi) is 7.48. The van der Waals surface area contributed by atoms with Gasteiger partial charge in [0.05, 0.1) is 38.2 Å². The largest absolute Gasteiger partial charge is 0.493 e. The van der Waals surface area contributed by atoms with E-state index >= 15 is 0 Å². The summed E-state index contributed by atoms with van der Waals surface area (Å²) < 4.78 is 11.0. The predicted octanol–water partition coefficient (Wildman–Crippen LogP) is 3.37. The number of nitrogens with zero attached hydrogens (tertiary/aromatic N) is 3. The molecule has 0 spiro atoms. The molecule has 0 aliphatic carbocycles. The van der Waals surface area contributed by atoms with Crippen molar-refractivity contribution >= 4 is 17.6 Å². The van der Waals surface area contributed by atoms with E-state index in [0.717, 1.165) is 22.4 Å². The highest BCUT2D eigenvalue weighted by Gasteiger charge is 2.28. The average Bonchev–Trinajstić information content (AvgIpc) is 3.06. The number of hydrogen-bond acceptors (Lipinski definition) is 6. The monoisotopic (exact) mass is 487 g/mol. The quantitative estimate of drug-likeness (QED) is 0.555. The summed E-state index contributed by atoms with van der Waals surface area (Å²) in [5, 5.41) is 11.7. The molecule has 9 nitrogen and oxygen atoms in total. The maximum Gasteiger partial charge on any atom is 0.337 e. The van der Waals surface area contributed by atoms with E-state index < -0.39 is 0 Å². The van der Waals surface area contributed by atoms with Crippen LogP contribution in [0.25, 0.3) is 0 Å². The van der Waals surface area contributed by atoms with E-state index in [1.165, 1.54) is 5.01 Å². The summed E-state index contributed by atoms with van der Waals surface area (Å²) in [6, 6.07) is 16.0. The number of nitrogens with one attached hydrogen (secondary N) is 2. The maximum atomic E-state index is 12.7. The lowest BCUT2D eigenvalue weighted by Gasteiger charge is -2.22. The highest BCUT2D eigenvalue weighted by Crippen LogP contribution is 2.34. The Balaban J connectivity index is 1.69. The number of carbonyl (C=O) groups excluding carboxylic acids is 2. The van der Waals surface area contributed by atoms with Gasteiger partial charge >= 0.3 is 6.03 Å². The van der Waals surface area contributed by atoms with Crippen LogP contribution in [0.15, 0.2) is 65.9 Å². The van der Waals surface area contributed by atoms with Crippen LogP contribution in [0.4, 0.5) is 4.79 Å². The molecule has 2 heterocycles. The molecule has 0 saturated carbocycles. The molecule has 0 fully saturated rings. The summed E-state index contributed by atoms with van der Waals surface area (Å²) in [6.07, 6.45) is 2.26. The Bertz CT molecular complexity index is 1280. The molecular weight excluding hydrogens is 458 g/mol. The first-order chi connectivity index (χ1) is 17.4. The molecule has 0 radical (unpaired) electrons. The third kappa shape index (κ3) is 5.14. The van der Waals surface area contributed by atoms with Crippen molar-refractivity contribution in [2.24, 2.45) is 5.10 Å². The van der Waals surface area contributed by atoms with Crippen molar-refractivity contribution in [2.75, 3.05) is 21.3 Å². The molecule has 1 aliphatic rings. The summed E-state index contributed by atoms with van der Waals surface area (Å²) in [7, 11) is 4.75. The maximum absolute atomic E-state index is 12.7. The summed E-state index contributed by atoms with van der Waals surface area (Å²) >= 11 is 0. The third-order valence-corrected chi connectivity index (χ3v) is 6.00. The fourth-order valence-electron chi connectivity index (χ4n) is 4.10. The van der Waals surface area contributed by atoms with E-state index in [-0.39, 0.29) is 18.0 Å². The third-order valence-electron chi connectivity index (χ3n) is 6.00. The summed E-state index contributed by atoms with van der Waals surface area (Å²) in [5.41, 5.74) is 4.44. The lowest BCUT2D eigenvalue weighted by atomic mass is 9.93. The van der Waals surface area contributed by atoms with E-state index in [1.54, 1.807) is 39.6 Å². The van der Waals surface area contributed by atoms with Crippen molar-refractivity contribution < 1.29 is 19.1 Å². The number of hydrogen-bond donors (Lipinski definition) is 2. The lowest BCUT2D eigenvalue weighted by molar-refractivity contribution is 0.0950. The summed E-state index contributed by atoms with van der Waals surface area (Å²) in [5.74, 6) is 0.967. The van der Waals surface area contributed by atoms with E-state index in [4.69, 9.17) is 14.6 Å². The van der Waals surface area contributed by atoms with Gasteiger partial charge in [0, 0.05) is 29.9 Å². The lowest BCUT2D eigenvalue weighted by Crippen LogP contribution is -2.41. The molecule has 2 N–H and O–H groups in total. The van der Waals surface area contributed by atoms with Crippen LogP contribution < -0.4 is 20.1 Å². The normalized spacial score (nSPS) is 14.7. The van der Waals surface area contributed by atoms with Gasteiger partial charge in [-0.1, -0.05) is 18.2 Å². The van der Waals surface area contributed by atoms with Crippen LogP contribution in [-0.4, -0.2) is 55.0 Å². The Labute approximate surface area is 210 Å². The Morgan fingerprint density at radius 2 is 1.78 bits per heavy atom. The average molecular weight is 488 g/mol. The zero-order valence-corrected chi connectivity index (χ0v) is 20.7. The van der Waals surface area contributed by atoms with Crippen molar-refractivity contribution in [3.8, 4) is 11.5 Å². The van der Waals surface area contributed by atoms with Gasteiger partial charge in [-0.05, 0) is 55.3 Å². The van der Waals surface area contributed by atoms with Crippen LogP contribution in [0.5, 0.6) is 11.5 Å². The molecule has 1 aliphatic heterocycles. The van der Waals surface area contributed by atoms with Gasteiger partial charge in [0.15, 0.2) is 11.5 Å². The second kappa shape index (κ2) is 10.9. The van der Waals surface area contributed by atoms with Crippen LogP contribution >= 0.6 is 0 Å². The molecule has 9 heteroatoms. The fraction of sp³-hybridized carbons (Fsp3) is 0.259. The number of amides is 3.